The molecule has 1 N–H and O–H groups in total. The normalized spacial score (nSPS) is 16.2. The van der Waals surface area contributed by atoms with Crippen LogP contribution in [0.2, 0.25) is 0 Å². The number of piperazine rings is 1. The number of rotatable bonds is 3. The van der Waals surface area contributed by atoms with Crippen LogP contribution in [0.15, 0.2) is 35.4 Å². The molecule has 1 aromatic carbocycles. The first-order chi connectivity index (χ1) is 11.8. The van der Waals surface area contributed by atoms with Gasteiger partial charge in [0, 0.05) is 6.07 Å². The molecule has 2 aromatic rings. The molecule has 0 atom stereocenters. The zero-order valence-electron chi connectivity index (χ0n) is 15.3. The monoisotopic (exact) mass is 360 g/mol. The second-order valence-electron chi connectivity index (χ2n) is 6.73. The lowest BCUT2D eigenvalue weighted by Crippen LogP contribution is -2.50. The number of H-pyrrole nitrogens is 1. The minimum atomic E-state index is -3.48. The van der Waals surface area contributed by atoms with Crippen LogP contribution in [0, 0.1) is 27.7 Å². The maximum atomic E-state index is 13.3. The van der Waals surface area contributed by atoms with Crippen LogP contribution >= 0.6 is 0 Å². The van der Waals surface area contributed by atoms with E-state index in [2.05, 4.69) is 16.0 Å². The van der Waals surface area contributed by atoms with Crippen LogP contribution in [0.1, 0.15) is 22.3 Å². The Morgan fingerprint density at radius 2 is 1.52 bits per heavy atom. The fraction of sp³-hybridized carbons (Fsp3) is 0.421. The topological polar surface area (TPSA) is 54.8 Å². The van der Waals surface area contributed by atoms with Crippen LogP contribution in [0.5, 0.6) is 0 Å². The lowest BCUT2D eigenvalue weighted by molar-refractivity contribution is -0.364. The van der Waals surface area contributed by atoms with E-state index in [1.807, 2.05) is 52.1 Å². The maximum absolute atomic E-state index is 13.3. The van der Waals surface area contributed by atoms with Gasteiger partial charge in [-0.25, -0.2) is 13.4 Å². The fourth-order valence-corrected chi connectivity index (χ4v) is 5.44. The van der Waals surface area contributed by atoms with Crippen molar-refractivity contribution in [3.8, 4) is 0 Å². The molecule has 134 valence electrons. The van der Waals surface area contributed by atoms with Crippen molar-refractivity contribution >= 4 is 15.8 Å². The molecular weight excluding hydrogens is 334 g/mol. The van der Waals surface area contributed by atoms with Crippen LogP contribution in [0.3, 0.4) is 0 Å². The van der Waals surface area contributed by atoms with Crippen LogP contribution in [0.25, 0.3) is 0 Å². The average Bonchev–Trinajstić information content (AvgIpc) is 2.61. The van der Waals surface area contributed by atoms with E-state index in [9.17, 15) is 8.42 Å². The molecule has 3 rings (SSSR count). The summed E-state index contributed by atoms with van der Waals surface area (Å²) in [6, 6.07) is 8.00. The summed E-state index contributed by atoms with van der Waals surface area (Å²) < 4.78 is 28.2. The van der Waals surface area contributed by atoms with Gasteiger partial charge in [-0.2, -0.15) is 4.31 Å². The zero-order chi connectivity index (χ0) is 18.2. The second-order valence-corrected chi connectivity index (χ2v) is 8.60. The average molecular weight is 361 g/mol. The van der Waals surface area contributed by atoms with E-state index in [1.54, 1.807) is 4.31 Å². The first-order valence-electron chi connectivity index (χ1n) is 8.61. The van der Waals surface area contributed by atoms with Crippen molar-refractivity contribution in [2.45, 2.75) is 32.6 Å². The van der Waals surface area contributed by atoms with Crippen LogP contribution in [-0.2, 0) is 10.0 Å². The summed E-state index contributed by atoms with van der Waals surface area (Å²) in [7, 11) is -3.48. The molecule has 1 aromatic heterocycles. The van der Waals surface area contributed by atoms with Gasteiger partial charge in [-0.15, -0.1) is 0 Å². The molecule has 25 heavy (non-hydrogen) atoms. The molecule has 5 nitrogen and oxygen atoms in total. The minimum absolute atomic E-state index is 0.490. The molecule has 0 saturated carbocycles. The highest BCUT2D eigenvalue weighted by Crippen LogP contribution is 2.29. The highest BCUT2D eigenvalue weighted by atomic mass is 32.2. The number of aromatic nitrogens is 1. The number of hydrogen-bond acceptors (Lipinski definition) is 3. The van der Waals surface area contributed by atoms with E-state index in [4.69, 9.17) is 0 Å². The van der Waals surface area contributed by atoms with Gasteiger partial charge < -0.3 is 0 Å². The fourth-order valence-electron chi connectivity index (χ4n) is 3.45. The van der Waals surface area contributed by atoms with Crippen molar-refractivity contribution in [2.75, 3.05) is 31.1 Å². The van der Waals surface area contributed by atoms with Gasteiger partial charge in [0.25, 0.3) is 5.82 Å². The summed E-state index contributed by atoms with van der Waals surface area (Å²) >= 11 is 0. The molecule has 0 unspecified atom stereocenters. The number of nitrogens with one attached hydrogen (secondary N) is 1. The Morgan fingerprint density at radius 1 is 0.920 bits per heavy atom. The SMILES string of the molecule is Cc1cc(C)c(C)c(S(=O)(=O)N2CCN(c3cccc[nH+]3)CC2)c1C. The Balaban J connectivity index is 1.86. The quantitative estimate of drug-likeness (QED) is 0.844. The third kappa shape index (κ3) is 3.28. The van der Waals surface area contributed by atoms with Gasteiger partial charge in [-0.1, -0.05) is 12.1 Å². The number of hydrogen-bond donors (Lipinski definition) is 0. The molecular formula is C19H26N3O2S+. The first-order valence-corrected chi connectivity index (χ1v) is 10.1. The van der Waals surface area contributed by atoms with E-state index in [0.717, 1.165) is 28.1 Å². The molecule has 0 aliphatic carbocycles. The Labute approximate surface area is 150 Å². The lowest BCUT2D eigenvalue weighted by atomic mass is 10.0. The summed E-state index contributed by atoms with van der Waals surface area (Å²) in [4.78, 5) is 5.89. The molecule has 1 fully saturated rings. The second kappa shape index (κ2) is 6.77. The highest BCUT2D eigenvalue weighted by Gasteiger charge is 2.34. The lowest BCUT2D eigenvalue weighted by Gasteiger charge is -2.31. The van der Waals surface area contributed by atoms with Crippen molar-refractivity contribution < 1.29 is 13.4 Å². The zero-order valence-corrected chi connectivity index (χ0v) is 16.2. The number of aromatic amines is 1. The van der Waals surface area contributed by atoms with Gasteiger partial charge >= 0.3 is 0 Å². The van der Waals surface area contributed by atoms with Crippen LogP contribution in [0.4, 0.5) is 5.82 Å². The van der Waals surface area contributed by atoms with Gasteiger partial charge in [0.1, 0.15) is 0 Å². The molecule has 1 saturated heterocycles. The molecule has 2 heterocycles. The van der Waals surface area contributed by atoms with E-state index in [1.165, 1.54) is 0 Å². The predicted molar refractivity (Wildman–Crippen MR) is 99.4 cm³/mol. The van der Waals surface area contributed by atoms with Gasteiger partial charge in [0.15, 0.2) is 0 Å². The van der Waals surface area contributed by atoms with E-state index in [0.29, 0.717) is 31.1 Å². The number of aryl methyl sites for hydroxylation is 2. The van der Waals surface area contributed by atoms with Gasteiger partial charge in [-0.05, 0) is 56.0 Å². The number of benzene rings is 1. The summed E-state index contributed by atoms with van der Waals surface area (Å²) in [6.07, 6.45) is 1.89. The van der Waals surface area contributed by atoms with Gasteiger partial charge in [-0.3, -0.25) is 4.90 Å². The van der Waals surface area contributed by atoms with Crippen molar-refractivity contribution in [2.24, 2.45) is 0 Å². The van der Waals surface area contributed by atoms with Crippen molar-refractivity contribution in [1.29, 1.82) is 0 Å². The number of pyridine rings is 1. The molecule has 0 amide bonds. The molecule has 0 bridgehead atoms. The molecule has 1 aliphatic heterocycles. The van der Waals surface area contributed by atoms with E-state index >= 15 is 0 Å². The molecule has 0 radical (unpaired) electrons. The van der Waals surface area contributed by atoms with E-state index in [-0.39, 0.29) is 0 Å². The van der Waals surface area contributed by atoms with Crippen LogP contribution in [-0.4, -0.2) is 38.9 Å². The Bertz CT molecular complexity index is 845. The molecule has 6 heteroatoms. The standard InChI is InChI=1S/C19H25N3O2S/c1-14-13-15(2)17(4)19(16(14)3)25(23,24)22-11-9-21(10-12-22)18-7-5-6-8-20-18/h5-8,13H,9-12H2,1-4H3/p+1. The summed E-state index contributed by atoms with van der Waals surface area (Å²) in [5, 5.41) is 0. The van der Waals surface area contributed by atoms with Crippen molar-refractivity contribution in [3.05, 3.63) is 52.7 Å². The summed E-state index contributed by atoms with van der Waals surface area (Å²) in [5.74, 6) is 1.03. The van der Waals surface area contributed by atoms with E-state index < -0.39 is 10.0 Å². The largest absolute Gasteiger partial charge is 0.274 e. The Hall–Kier alpha value is -1.92. The number of anilines is 1. The smallest absolute Gasteiger partial charge is 0.259 e. The van der Waals surface area contributed by atoms with Crippen molar-refractivity contribution in [1.82, 2.24) is 4.31 Å². The highest BCUT2D eigenvalue weighted by molar-refractivity contribution is 7.89. The number of nitrogens with zero attached hydrogens (tertiary/aromatic N) is 2. The third-order valence-corrected chi connectivity index (χ3v) is 7.34. The summed E-state index contributed by atoms with van der Waals surface area (Å²) in [5.41, 5.74) is 3.78. The number of sulfonamides is 1. The molecule has 1 aliphatic rings. The van der Waals surface area contributed by atoms with Gasteiger partial charge in [0.2, 0.25) is 10.0 Å². The summed E-state index contributed by atoms with van der Waals surface area (Å²) in [6.45, 7) is 10.1. The Morgan fingerprint density at radius 3 is 2.04 bits per heavy atom. The maximum Gasteiger partial charge on any atom is 0.274 e. The Kier molecular flexibility index (Phi) is 4.84. The third-order valence-electron chi connectivity index (χ3n) is 5.17. The van der Waals surface area contributed by atoms with Crippen LogP contribution < -0.4 is 9.88 Å². The minimum Gasteiger partial charge on any atom is -0.259 e. The van der Waals surface area contributed by atoms with Crippen molar-refractivity contribution in [3.63, 3.8) is 0 Å². The van der Waals surface area contributed by atoms with Gasteiger partial charge in [0.05, 0.1) is 37.3 Å². The molecule has 0 spiro atoms. The predicted octanol–water partition coefficient (Wildman–Crippen LogP) is 2.25. The first kappa shape index (κ1) is 17.9.